The maximum absolute atomic E-state index is 12.2. The van der Waals surface area contributed by atoms with Crippen molar-refractivity contribution in [2.75, 3.05) is 0 Å². The molecule has 0 unspecified atom stereocenters. The molecule has 0 amide bonds. The van der Waals surface area contributed by atoms with Crippen molar-refractivity contribution in [2.24, 2.45) is 5.10 Å². The topological polar surface area (TPSA) is 67.8 Å². The molecule has 2 aromatic carbocycles. The van der Waals surface area contributed by atoms with Gasteiger partial charge in [0, 0.05) is 0 Å². The van der Waals surface area contributed by atoms with Crippen LogP contribution in [0.4, 0.5) is 0 Å². The number of hydrazone groups is 1. The Morgan fingerprint density at radius 3 is 2.29 bits per heavy atom. The molecule has 6 heteroatoms. The fraction of sp³-hybridized carbons (Fsp3) is 0.278. The number of aryl methyl sites for hydroxylation is 2. The Morgan fingerprint density at radius 2 is 1.71 bits per heavy atom. The van der Waals surface area contributed by atoms with E-state index in [-0.39, 0.29) is 11.0 Å². The summed E-state index contributed by atoms with van der Waals surface area (Å²) >= 11 is 0. The molecule has 1 N–H and O–H groups in total. The Hall–Kier alpha value is -2.34. The number of rotatable bonds is 6. The second kappa shape index (κ2) is 7.49. The van der Waals surface area contributed by atoms with E-state index in [1.807, 2.05) is 52.0 Å². The minimum Gasteiger partial charge on any atom is -0.491 e. The number of nitrogens with one attached hydrogen (secondary N) is 1. The summed E-state index contributed by atoms with van der Waals surface area (Å²) in [5.41, 5.74) is 2.73. The van der Waals surface area contributed by atoms with E-state index >= 15 is 0 Å². The fourth-order valence-corrected chi connectivity index (χ4v) is 2.88. The molecule has 5 nitrogen and oxygen atoms in total. The summed E-state index contributed by atoms with van der Waals surface area (Å²) in [4.78, 5) is 2.43. The van der Waals surface area contributed by atoms with Gasteiger partial charge in [0.25, 0.3) is 10.0 Å². The summed E-state index contributed by atoms with van der Waals surface area (Å²) in [7, 11) is -3.67. The van der Waals surface area contributed by atoms with Crippen molar-refractivity contribution < 1.29 is 13.2 Å². The molecule has 128 valence electrons. The maximum Gasteiger partial charge on any atom is 0.276 e. The third kappa shape index (κ3) is 4.83. The Morgan fingerprint density at radius 1 is 1.04 bits per heavy atom. The first-order valence-corrected chi connectivity index (χ1v) is 9.15. The average molecular weight is 346 g/mol. The highest BCUT2D eigenvalue weighted by atomic mass is 32.2. The van der Waals surface area contributed by atoms with Crippen LogP contribution < -0.4 is 9.57 Å². The van der Waals surface area contributed by atoms with Gasteiger partial charge in [-0.1, -0.05) is 6.07 Å². The van der Waals surface area contributed by atoms with E-state index in [0.717, 1.165) is 22.4 Å². The monoisotopic (exact) mass is 346 g/mol. The molecular weight excluding hydrogens is 324 g/mol. The van der Waals surface area contributed by atoms with E-state index in [1.165, 1.54) is 6.21 Å². The summed E-state index contributed by atoms with van der Waals surface area (Å²) in [6.45, 7) is 7.72. The third-order valence-corrected chi connectivity index (χ3v) is 4.65. The van der Waals surface area contributed by atoms with Crippen LogP contribution in [0.15, 0.2) is 52.5 Å². The highest BCUT2D eigenvalue weighted by molar-refractivity contribution is 7.89. The third-order valence-electron chi connectivity index (χ3n) is 3.43. The Bertz CT molecular complexity index is 826. The van der Waals surface area contributed by atoms with E-state index < -0.39 is 10.0 Å². The van der Waals surface area contributed by atoms with Crippen molar-refractivity contribution in [2.45, 2.75) is 38.7 Å². The van der Waals surface area contributed by atoms with Crippen LogP contribution in [0.3, 0.4) is 0 Å². The second-order valence-electron chi connectivity index (χ2n) is 5.83. The second-order valence-corrected chi connectivity index (χ2v) is 7.50. The minimum absolute atomic E-state index is 0.106. The zero-order chi connectivity index (χ0) is 17.7. The van der Waals surface area contributed by atoms with Gasteiger partial charge in [-0.15, -0.1) is 0 Å². The fourth-order valence-electron chi connectivity index (χ4n) is 2.01. The van der Waals surface area contributed by atoms with Gasteiger partial charge in [-0.05, 0) is 80.8 Å². The van der Waals surface area contributed by atoms with Crippen molar-refractivity contribution >= 4 is 16.2 Å². The van der Waals surface area contributed by atoms with Crippen molar-refractivity contribution in [1.82, 2.24) is 4.83 Å². The molecule has 0 fully saturated rings. The molecule has 0 aromatic heterocycles. The lowest BCUT2D eigenvalue weighted by Gasteiger charge is -2.09. The van der Waals surface area contributed by atoms with Gasteiger partial charge in [0.1, 0.15) is 5.75 Å². The summed E-state index contributed by atoms with van der Waals surface area (Å²) < 4.78 is 30.0. The smallest absolute Gasteiger partial charge is 0.276 e. The van der Waals surface area contributed by atoms with Crippen LogP contribution in [0.1, 0.15) is 30.5 Å². The molecule has 0 saturated heterocycles. The first-order valence-electron chi connectivity index (χ1n) is 7.67. The highest BCUT2D eigenvalue weighted by Crippen LogP contribution is 2.15. The lowest BCUT2D eigenvalue weighted by atomic mass is 10.1. The molecule has 24 heavy (non-hydrogen) atoms. The van der Waals surface area contributed by atoms with Crippen LogP contribution in [-0.2, 0) is 10.0 Å². The van der Waals surface area contributed by atoms with Gasteiger partial charge >= 0.3 is 0 Å². The van der Waals surface area contributed by atoms with Gasteiger partial charge in [0.15, 0.2) is 0 Å². The Balaban J connectivity index is 2.05. The number of nitrogens with zero attached hydrogens (tertiary/aromatic N) is 1. The number of hydrogen-bond donors (Lipinski definition) is 1. The van der Waals surface area contributed by atoms with Crippen molar-refractivity contribution in [1.29, 1.82) is 0 Å². The summed E-state index contributed by atoms with van der Waals surface area (Å²) in [5, 5.41) is 3.83. The lowest BCUT2D eigenvalue weighted by Crippen LogP contribution is -2.18. The summed E-state index contributed by atoms with van der Waals surface area (Å²) in [5.74, 6) is 0.762. The molecule has 2 rings (SSSR count). The lowest BCUT2D eigenvalue weighted by molar-refractivity contribution is 0.242. The van der Waals surface area contributed by atoms with Crippen molar-refractivity contribution in [3.63, 3.8) is 0 Å². The van der Waals surface area contributed by atoms with E-state index in [2.05, 4.69) is 9.93 Å². The molecule has 0 atom stereocenters. The predicted molar refractivity (Wildman–Crippen MR) is 96.0 cm³/mol. The van der Waals surface area contributed by atoms with Crippen molar-refractivity contribution in [3.8, 4) is 5.75 Å². The molecular formula is C18H22N2O3S. The van der Waals surface area contributed by atoms with E-state index in [0.29, 0.717) is 0 Å². The Kier molecular flexibility index (Phi) is 5.62. The maximum atomic E-state index is 12.2. The van der Waals surface area contributed by atoms with Gasteiger partial charge in [0.2, 0.25) is 0 Å². The first kappa shape index (κ1) is 18.0. The SMILES string of the molecule is Cc1ccc(S(=O)(=O)NN=Cc2ccc(OC(C)C)cc2)cc1C. The average Bonchev–Trinajstić information content (AvgIpc) is 2.51. The van der Waals surface area contributed by atoms with Crippen LogP contribution in [0.5, 0.6) is 5.75 Å². The molecule has 0 aliphatic rings. The molecule has 0 aliphatic heterocycles. The van der Waals surface area contributed by atoms with Crippen LogP contribution in [-0.4, -0.2) is 20.7 Å². The highest BCUT2D eigenvalue weighted by Gasteiger charge is 2.13. The molecule has 0 spiro atoms. The van der Waals surface area contributed by atoms with Crippen LogP contribution in [0.2, 0.25) is 0 Å². The van der Waals surface area contributed by atoms with Gasteiger partial charge in [0.05, 0.1) is 17.2 Å². The van der Waals surface area contributed by atoms with Crippen LogP contribution in [0.25, 0.3) is 0 Å². The molecule has 2 aromatic rings. The molecule has 0 saturated carbocycles. The van der Waals surface area contributed by atoms with Gasteiger partial charge in [-0.25, -0.2) is 4.83 Å². The molecule has 0 bridgehead atoms. The summed E-state index contributed by atoms with van der Waals surface area (Å²) in [6.07, 6.45) is 1.56. The minimum atomic E-state index is -3.67. The molecule has 0 radical (unpaired) electrons. The van der Waals surface area contributed by atoms with Gasteiger partial charge in [-0.2, -0.15) is 13.5 Å². The largest absolute Gasteiger partial charge is 0.491 e. The predicted octanol–water partition coefficient (Wildman–Crippen LogP) is 3.40. The van der Waals surface area contributed by atoms with E-state index in [9.17, 15) is 8.42 Å². The quantitative estimate of drug-likeness (QED) is 0.644. The number of sulfonamides is 1. The number of benzene rings is 2. The number of hydrogen-bond acceptors (Lipinski definition) is 4. The van der Waals surface area contributed by atoms with Gasteiger partial charge < -0.3 is 4.74 Å². The van der Waals surface area contributed by atoms with Gasteiger partial charge in [-0.3, -0.25) is 0 Å². The Labute approximate surface area is 143 Å². The van der Waals surface area contributed by atoms with E-state index in [1.54, 1.807) is 18.2 Å². The first-order chi connectivity index (χ1) is 11.3. The molecule has 0 aliphatic carbocycles. The van der Waals surface area contributed by atoms with E-state index in [4.69, 9.17) is 4.74 Å². The standard InChI is InChI=1S/C18H22N2O3S/c1-13(2)23-17-8-6-16(7-9-17)12-19-20-24(21,22)18-10-5-14(3)15(4)11-18/h5-13,20H,1-4H3. The zero-order valence-electron chi connectivity index (χ0n) is 14.3. The summed E-state index contributed by atoms with van der Waals surface area (Å²) in [6, 6.07) is 12.2. The van der Waals surface area contributed by atoms with Crippen LogP contribution in [0, 0.1) is 13.8 Å². The van der Waals surface area contributed by atoms with Crippen LogP contribution >= 0.6 is 0 Å². The number of ether oxygens (including phenoxy) is 1. The zero-order valence-corrected chi connectivity index (χ0v) is 15.1. The molecule has 0 heterocycles. The van der Waals surface area contributed by atoms with Crippen molar-refractivity contribution in [3.05, 3.63) is 59.2 Å². The normalized spacial score (nSPS) is 11.9.